The molecule has 1 saturated heterocycles. The summed E-state index contributed by atoms with van der Waals surface area (Å²) in [6.07, 6.45) is 17.3. The molecule has 1 aliphatic heterocycles. The lowest BCUT2D eigenvalue weighted by molar-refractivity contribution is -0.251. The Hall–Kier alpha value is -3.16. The van der Waals surface area contributed by atoms with Crippen LogP contribution >= 0.6 is 0 Å². The number of hydrogen-bond acceptors (Lipinski definition) is 5. The number of aliphatic carboxylic acids is 1. The number of benzene rings is 1. The van der Waals surface area contributed by atoms with Gasteiger partial charge in [-0.2, -0.15) is 0 Å². The highest BCUT2D eigenvalue weighted by molar-refractivity contribution is 5.84. The molecule has 59 heavy (non-hydrogen) atoms. The Balaban J connectivity index is 0.938. The summed E-state index contributed by atoms with van der Waals surface area (Å²) < 4.78 is 6.24. The standard InChI is InChI=1S/C51H73N3O5/c1-45(2,44(57)58)30-40(55)59-39-18-21-48(6)37(46(39,3)4)17-22-50(8)38(48)15-14-35-41-34(47(5)24-25-47)16-23-51(41,27-26-49(35,50)7)43(56)54-28-19-33(20-29-54)42-52-31-36(53-42)32-12-10-9-11-13-32/h9-13,31,33-35,37-39,41H,14-30H2,1-8H3,(H,52,53)(H,57,58)/t34-,35-,37+,38-,39+,41-,48+,49-,50-,51+/m1/s1. The molecule has 2 heterocycles. The second-order valence-corrected chi connectivity index (χ2v) is 23.5. The van der Waals surface area contributed by atoms with Crippen molar-refractivity contribution in [2.24, 2.45) is 67.5 Å². The molecule has 1 amide bonds. The van der Waals surface area contributed by atoms with Crippen LogP contribution < -0.4 is 0 Å². The minimum atomic E-state index is -1.15. The molecule has 2 aromatic rings. The van der Waals surface area contributed by atoms with Crippen LogP contribution in [0.3, 0.4) is 0 Å². The number of ether oxygens (including phenoxy) is 1. The number of carbonyl (C=O) groups excluding carboxylic acids is 2. The van der Waals surface area contributed by atoms with E-state index >= 15 is 4.79 Å². The van der Waals surface area contributed by atoms with E-state index in [2.05, 4.69) is 75.7 Å². The average Bonchev–Trinajstić information content (AvgIpc) is 3.56. The highest BCUT2D eigenvalue weighted by Gasteiger charge is 2.74. The van der Waals surface area contributed by atoms with Crippen LogP contribution in [0.1, 0.15) is 163 Å². The first-order valence-corrected chi connectivity index (χ1v) is 23.6. The van der Waals surface area contributed by atoms with Crippen molar-refractivity contribution in [2.75, 3.05) is 13.1 Å². The minimum Gasteiger partial charge on any atom is -0.481 e. The quantitative estimate of drug-likeness (QED) is 0.257. The molecule has 1 aromatic heterocycles. The van der Waals surface area contributed by atoms with Crippen molar-refractivity contribution in [1.82, 2.24) is 14.9 Å². The van der Waals surface area contributed by atoms with Crippen molar-refractivity contribution in [3.8, 4) is 11.3 Å². The summed E-state index contributed by atoms with van der Waals surface area (Å²) in [6, 6.07) is 10.4. The summed E-state index contributed by atoms with van der Waals surface area (Å²) >= 11 is 0. The predicted molar refractivity (Wildman–Crippen MR) is 230 cm³/mol. The van der Waals surface area contributed by atoms with Crippen LogP contribution in [0.2, 0.25) is 0 Å². The van der Waals surface area contributed by atoms with E-state index in [-0.39, 0.29) is 45.6 Å². The number of nitrogens with one attached hydrogen (secondary N) is 1. The Morgan fingerprint density at radius 3 is 2.19 bits per heavy atom. The van der Waals surface area contributed by atoms with E-state index < -0.39 is 11.4 Å². The maximum Gasteiger partial charge on any atom is 0.309 e. The molecule has 2 N–H and O–H groups in total. The van der Waals surface area contributed by atoms with Gasteiger partial charge in [0.15, 0.2) is 0 Å². The normalized spacial score (nSPS) is 39.9. The molecule has 8 nitrogen and oxygen atoms in total. The van der Waals surface area contributed by atoms with Crippen molar-refractivity contribution >= 4 is 17.8 Å². The number of rotatable bonds is 8. The van der Waals surface area contributed by atoms with Crippen LogP contribution in [-0.4, -0.2) is 57.0 Å². The second-order valence-electron chi connectivity index (χ2n) is 23.5. The van der Waals surface area contributed by atoms with Crippen molar-refractivity contribution in [2.45, 2.75) is 164 Å². The van der Waals surface area contributed by atoms with Crippen LogP contribution in [0, 0.1) is 67.5 Å². The van der Waals surface area contributed by atoms with E-state index in [1.54, 1.807) is 13.8 Å². The Bertz CT molecular complexity index is 1960. The number of carbonyl (C=O) groups is 3. The minimum absolute atomic E-state index is 0.109. The van der Waals surface area contributed by atoms with Gasteiger partial charge in [-0.15, -0.1) is 0 Å². The lowest BCUT2D eigenvalue weighted by atomic mass is 9.32. The number of carboxylic acid groups (broad SMARTS) is 1. The molecule has 8 heteroatoms. The molecule has 322 valence electrons. The summed E-state index contributed by atoms with van der Waals surface area (Å²) in [5.74, 6) is 3.21. The SMILES string of the molecule is CC(C)(CC(=O)O[C@H]1CC[C@]2(C)[C@H]3CC[C@@H]4[C@H]5[C@H](C6(C)CC6)CC[C@]5(C(=O)N5CCC(c6ncc(-c7ccccc7)[nH]6)CC5)CC[C@@]4(C)[C@]3(C)CC[C@H]2C1(C)C)C(=O)O. The van der Waals surface area contributed by atoms with Crippen molar-refractivity contribution in [1.29, 1.82) is 0 Å². The molecule has 6 aliphatic carbocycles. The smallest absolute Gasteiger partial charge is 0.309 e. The first kappa shape index (κ1) is 41.2. The molecular weight excluding hydrogens is 735 g/mol. The van der Waals surface area contributed by atoms with E-state index in [4.69, 9.17) is 9.72 Å². The zero-order valence-electron chi connectivity index (χ0n) is 37.5. The fraction of sp³-hybridized carbons (Fsp3) is 0.765. The van der Waals surface area contributed by atoms with E-state index in [9.17, 15) is 14.7 Å². The molecule has 10 atom stereocenters. The zero-order chi connectivity index (χ0) is 42.0. The summed E-state index contributed by atoms with van der Waals surface area (Å²) in [5.41, 5.74) is 1.52. The topological polar surface area (TPSA) is 113 Å². The van der Waals surface area contributed by atoms with Gasteiger partial charge in [0, 0.05) is 24.4 Å². The molecule has 9 rings (SSSR count). The summed E-state index contributed by atoms with van der Waals surface area (Å²) in [5, 5.41) is 9.68. The molecule has 7 fully saturated rings. The van der Waals surface area contributed by atoms with Gasteiger partial charge in [-0.05, 0) is 161 Å². The third-order valence-electron chi connectivity index (χ3n) is 20.0. The van der Waals surface area contributed by atoms with Crippen LogP contribution in [-0.2, 0) is 19.1 Å². The van der Waals surface area contributed by atoms with Crippen molar-refractivity contribution in [3.05, 3.63) is 42.4 Å². The number of piperidine rings is 1. The number of hydrogen-bond donors (Lipinski definition) is 2. The van der Waals surface area contributed by atoms with Gasteiger partial charge in [-0.3, -0.25) is 14.4 Å². The summed E-state index contributed by atoms with van der Waals surface area (Å²) in [6.45, 7) is 20.0. The molecular formula is C51H73N3O5. The van der Waals surface area contributed by atoms with Gasteiger partial charge in [-0.1, -0.05) is 71.9 Å². The fourth-order valence-corrected chi connectivity index (χ4v) is 16.1. The summed E-state index contributed by atoms with van der Waals surface area (Å²) in [4.78, 5) is 51.2. The predicted octanol–water partition coefficient (Wildman–Crippen LogP) is 11.1. The largest absolute Gasteiger partial charge is 0.481 e. The van der Waals surface area contributed by atoms with Crippen LogP contribution in [0.5, 0.6) is 0 Å². The van der Waals surface area contributed by atoms with Gasteiger partial charge >= 0.3 is 11.9 Å². The van der Waals surface area contributed by atoms with Crippen LogP contribution in [0.25, 0.3) is 11.3 Å². The first-order valence-electron chi connectivity index (χ1n) is 23.6. The van der Waals surface area contributed by atoms with Gasteiger partial charge in [0.2, 0.25) is 5.91 Å². The van der Waals surface area contributed by atoms with Gasteiger partial charge in [0.1, 0.15) is 11.9 Å². The number of likely N-dealkylation sites (tertiary alicyclic amines) is 1. The summed E-state index contributed by atoms with van der Waals surface area (Å²) in [7, 11) is 0. The lowest BCUT2D eigenvalue weighted by Crippen LogP contribution is -2.67. The number of esters is 1. The number of carboxylic acids is 1. The number of imidazole rings is 1. The molecule has 7 aliphatic rings. The van der Waals surface area contributed by atoms with E-state index in [0.29, 0.717) is 46.8 Å². The maximum atomic E-state index is 15.4. The Morgan fingerprint density at radius 1 is 0.797 bits per heavy atom. The molecule has 0 radical (unpaired) electrons. The average molecular weight is 808 g/mol. The number of aromatic amines is 1. The van der Waals surface area contributed by atoms with Gasteiger partial charge < -0.3 is 19.7 Å². The van der Waals surface area contributed by atoms with Crippen molar-refractivity contribution in [3.63, 3.8) is 0 Å². The van der Waals surface area contributed by atoms with Crippen molar-refractivity contribution < 1.29 is 24.2 Å². The maximum absolute atomic E-state index is 15.4. The number of nitrogens with zero attached hydrogens (tertiary/aromatic N) is 2. The zero-order valence-corrected chi connectivity index (χ0v) is 37.5. The number of aromatic nitrogens is 2. The van der Waals surface area contributed by atoms with E-state index in [1.165, 1.54) is 38.5 Å². The van der Waals surface area contributed by atoms with Crippen LogP contribution in [0.15, 0.2) is 36.5 Å². The number of H-pyrrole nitrogens is 1. The fourth-order valence-electron chi connectivity index (χ4n) is 16.1. The second kappa shape index (κ2) is 13.9. The van der Waals surface area contributed by atoms with E-state index in [0.717, 1.165) is 81.5 Å². The molecule has 1 aromatic carbocycles. The highest BCUT2D eigenvalue weighted by Crippen LogP contribution is 2.79. The first-order chi connectivity index (χ1) is 27.8. The number of fused-ring (bicyclic) bond motifs is 7. The van der Waals surface area contributed by atoms with Gasteiger partial charge in [0.05, 0.1) is 29.1 Å². The highest BCUT2D eigenvalue weighted by atomic mass is 16.5. The molecule has 0 spiro atoms. The van der Waals surface area contributed by atoms with Gasteiger partial charge in [-0.25, -0.2) is 4.98 Å². The number of amides is 1. The third kappa shape index (κ3) is 6.22. The monoisotopic (exact) mass is 808 g/mol. The molecule has 6 saturated carbocycles. The Morgan fingerprint density at radius 2 is 1.51 bits per heavy atom. The third-order valence-corrected chi connectivity index (χ3v) is 20.0. The Labute approximate surface area is 353 Å². The van der Waals surface area contributed by atoms with E-state index in [1.807, 2.05) is 12.3 Å². The molecule has 0 bridgehead atoms. The lowest BCUT2D eigenvalue weighted by Gasteiger charge is -2.73. The Kier molecular flexibility index (Phi) is 9.73. The van der Waals surface area contributed by atoms with Gasteiger partial charge in [0.25, 0.3) is 0 Å². The van der Waals surface area contributed by atoms with Crippen LogP contribution in [0.4, 0.5) is 0 Å². The molecule has 0 unspecified atom stereocenters.